The third-order valence-electron chi connectivity index (χ3n) is 4.08. The molecule has 1 N–H and O–H groups in total. The molecule has 24 heavy (non-hydrogen) atoms. The molecule has 0 saturated carbocycles. The highest BCUT2D eigenvalue weighted by atomic mass is 79.9. The number of aromatic nitrogens is 1. The number of carbonyl (C=O) groups excluding carboxylic acids is 2. The quantitative estimate of drug-likeness (QED) is 0.733. The predicted octanol–water partition coefficient (Wildman–Crippen LogP) is 4.13. The van der Waals surface area contributed by atoms with Crippen molar-refractivity contribution in [1.29, 1.82) is 0 Å². The van der Waals surface area contributed by atoms with Gasteiger partial charge in [0, 0.05) is 35.1 Å². The molecular weight excluding hydrogens is 388 g/mol. The first-order valence-corrected chi connectivity index (χ1v) is 9.92. The summed E-state index contributed by atoms with van der Waals surface area (Å²) in [6, 6.07) is 9.69. The van der Waals surface area contributed by atoms with Gasteiger partial charge in [0.2, 0.25) is 0 Å². The number of halogens is 1. The minimum atomic E-state index is -0.00702. The Morgan fingerprint density at radius 2 is 1.96 bits per heavy atom. The topological polar surface area (TPSA) is 53.2 Å². The Bertz CT molecular complexity index is 738. The van der Waals surface area contributed by atoms with Crippen LogP contribution in [0.25, 0.3) is 0 Å². The fraction of sp³-hybridized carbons (Fsp3) is 0.333. The number of rotatable bonds is 6. The molecule has 1 aliphatic rings. The van der Waals surface area contributed by atoms with Gasteiger partial charge in [0.15, 0.2) is 5.78 Å². The van der Waals surface area contributed by atoms with E-state index < -0.39 is 0 Å². The molecule has 2 heterocycles. The summed E-state index contributed by atoms with van der Waals surface area (Å²) >= 11 is 5.09. The summed E-state index contributed by atoms with van der Waals surface area (Å²) in [5, 5.41) is 0. The molecule has 1 saturated heterocycles. The Labute approximate surface area is 154 Å². The summed E-state index contributed by atoms with van der Waals surface area (Å²) in [4.78, 5) is 29.4. The first-order chi connectivity index (χ1) is 11.6. The molecule has 126 valence electrons. The van der Waals surface area contributed by atoms with E-state index in [1.54, 1.807) is 24.0 Å². The molecule has 6 heteroatoms. The number of ketones is 1. The van der Waals surface area contributed by atoms with Gasteiger partial charge in [-0.05, 0) is 30.5 Å². The van der Waals surface area contributed by atoms with Crippen molar-refractivity contribution in [3.8, 4) is 0 Å². The van der Waals surface area contributed by atoms with Crippen LogP contribution >= 0.6 is 27.7 Å². The highest BCUT2D eigenvalue weighted by Crippen LogP contribution is 2.22. The van der Waals surface area contributed by atoms with E-state index in [0.29, 0.717) is 17.0 Å². The number of nitrogens with one attached hydrogen (secondary N) is 1. The maximum absolute atomic E-state index is 12.3. The van der Waals surface area contributed by atoms with Crippen molar-refractivity contribution in [1.82, 2.24) is 9.88 Å². The van der Waals surface area contributed by atoms with Gasteiger partial charge < -0.3 is 9.88 Å². The van der Waals surface area contributed by atoms with Crippen LogP contribution in [0.5, 0.6) is 0 Å². The second-order valence-corrected chi connectivity index (χ2v) is 7.65. The van der Waals surface area contributed by atoms with Crippen LogP contribution in [-0.4, -0.2) is 40.4 Å². The van der Waals surface area contributed by atoms with Crippen LogP contribution in [0.4, 0.5) is 0 Å². The summed E-state index contributed by atoms with van der Waals surface area (Å²) in [6.45, 7) is 1.62. The van der Waals surface area contributed by atoms with Gasteiger partial charge in [0.25, 0.3) is 5.91 Å². The molecule has 0 aliphatic carbocycles. The van der Waals surface area contributed by atoms with Crippen LogP contribution in [0.1, 0.15) is 39.3 Å². The number of H-pyrrole nitrogens is 1. The summed E-state index contributed by atoms with van der Waals surface area (Å²) in [7, 11) is 0. The molecule has 1 fully saturated rings. The van der Waals surface area contributed by atoms with Crippen molar-refractivity contribution in [2.24, 2.45) is 0 Å². The van der Waals surface area contributed by atoms with Gasteiger partial charge in [-0.3, -0.25) is 9.59 Å². The van der Waals surface area contributed by atoms with E-state index in [1.165, 1.54) is 5.56 Å². The monoisotopic (exact) mass is 406 g/mol. The number of benzene rings is 1. The molecule has 3 rings (SSSR count). The molecule has 0 unspecified atom stereocenters. The number of hydrogen-bond acceptors (Lipinski definition) is 3. The number of hydrogen-bond donors (Lipinski definition) is 1. The number of thioether (sulfide) groups is 1. The van der Waals surface area contributed by atoms with E-state index in [2.05, 4.69) is 20.9 Å². The zero-order valence-electron chi connectivity index (χ0n) is 13.3. The van der Waals surface area contributed by atoms with Crippen molar-refractivity contribution in [3.05, 3.63) is 57.8 Å². The van der Waals surface area contributed by atoms with Gasteiger partial charge in [0.1, 0.15) is 5.69 Å². The summed E-state index contributed by atoms with van der Waals surface area (Å²) in [5.74, 6) is 1.21. The largest absolute Gasteiger partial charge is 0.356 e. The normalized spacial score (nSPS) is 14.1. The van der Waals surface area contributed by atoms with Gasteiger partial charge in [0.05, 0.1) is 5.75 Å². The van der Waals surface area contributed by atoms with Crippen molar-refractivity contribution in [2.75, 3.05) is 18.8 Å². The standard InChI is InChI=1S/C18H19BrN2O2S/c19-15-6-2-1-5-13(15)11-24-12-17(22)14-9-16(20-10-14)18(23)21-7-3-4-8-21/h1-2,5-6,9-10,20H,3-4,7-8,11-12H2. The van der Waals surface area contributed by atoms with Crippen LogP contribution in [0.15, 0.2) is 41.0 Å². The number of amides is 1. The van der Waals surface area contributed by atoms with E-state index in [-0.39, 0.29) is 11.7 Å². The van der Waals surface area contributed by atoms with Crippen LogP contribution in [0, 0.1) is 0 Å². The lowest BCUT2D eigenvalue weighted by Gasteiger charge is -2.13. The zero-order chi connectivity index (χ0) is 16.9. The molecule has 1 aliphatic heterocycles. The van der Waals surface area contributed by atoms with Crippen molar-refractivity contribution >= 4 is 39.4 Å². The fourth-order valence-electron chi connectivity index (χ4n) is 2.72. The second kappa shape index (κ2) is 8.03. The van der Waals surface area contributed by atoms with Crippen LogP contribution < -0.4 is 0 Å². The van der Waals surface area contributed by atoms with Gasteiger partial charge in [-0.1, -0.05) is 34.1 Å². The van der Waals surface area contributed by atoms with Crippen LogP contribution in [0.2, 0.25) is 0 Å². The molecule has 1 aromatic carbocycles. The fourth-order valence-corrected chi connectivity index (χ4v) is 4.26. The summed E-state index contributed by atoms with van der Waals surface area (Å²) in [6.07, 6.45) is 3.76. The highest BCUT2D eigenvalue weighted by Gasteiger charge is 2.21. The number of aromatic amines is 1. The molecule has 0 radical (unpaired) electrons. The van der Waals surface area contributed by atoms with E-state index in [1.807, 2.05) is 29.2 Å². The maximum Gasteiger partial charge on any atom is 0.270 e. The number of Topliss-reactive ketones (excluding diaryl/α,β-unsaturated/α-hetero) is 1. The maximum atomic E-state index is 12.3. The minimum Gasteiger partial charge on any atom is -0.356 e. The first-order valence-electron chi connectivity index (χ1n) is 7.97. The number of nitrogens with zero attached hydrogens (tertiary/aromatic N) is 1. The number of likely N-dealkylation sites (tertiary alicyclic amines) is 1. The smallest absolute Gasteiger partial charge is 0.270 e. The highest BCUT2D eigenvalue weighted by molar-refractivity contribution is 9.10. The zero-order valence-corrected chi connectivity index (χ0v) is 15.7. The molecule has 1 amide bonds. The molecule has 0 bridgehead atoms. The van der Waals surface area contributed by atoms with Gasteiger partial charge in [-0.2, -0.15) is 0 Å². The molecule has 0 atom stereocenters. The Morgan fingerprint density at radius 1 is 1.21 bits per heavy atom. The SMILES string of the molecule is O=C(CSCc1ccccc1Br)c1c[nH]c(C(=O)N2CCCC2)c1. The summed E-state index contributed by atoms with van der Waals surface area (Å²) in [5.41, 5.74) is 2.27. The Hall–Kier alpha value is -1.53. The van der Waals surface area contributed by atoms with Crippen molar-refractivity contribution < 1.29 is 9.59 Å². The average molecular weight is 407 g/mol. The predicted molar refractivity (Wildman–Crippen MR) is 101 cm³/mol. The van der Waals surface area contributed by atoms with Crippen molar-refractivity contribution in [2.45, 2.75) is 18.6 Å². The Balaban J connectivity index is 1.54. The molecule has 4 nitrogen and oxygen atoms in total. The summed E-state index contributed by atoms with van der Waals surface area (Å²) < 4.78 is 1.06. The number of carbonyl (C=O) groups is 2. The second-order valence-electron chi connectivity index (χ2n) is 5.81. The Morgan fingerprint density at radius 3 is 2.71 bits per heavy atom. The van der Waals surface area contributed by atoms with E-state index in [9.17, 15) is 9.59 Å². The lowest BCUT2D eigenvalue weighted by molar-refractivity contribution is 0.0787. The first kappa shape index (κ1) is 17.3. The third kappa shape index (κ3) is 4.11. The van der Waals surface area contributed by atoms with E-state index >= 15 is 0 Å². The lowest BCUT2D eigenvalue weighted by atomic mass is 10.2. The lowest BCUT2D eigenvalue weighted by Crippen LogP contribution is -2.27. The van der Waals surface area contributed by atoms with Gasteiger partial charge in [-0.25, -0.2) is 0 Å². The van der Waals surface area contributed by atoms with E-state index in [0.717, 1.165) is 36.2 Å². The van der Waals surface area contributed by atoms with Crippen LogP contribution in [-0.2, 0) is 5.75 Å². The molecule has 0 spiro atoms. The van der Waals surface area contributed by atoms with Crippen LogP contribution in [0.3, 0.4) is 0 Å². The minimum absolute atomic E-state index is 0.00702. The molecule has 1 aromatic heterocycles. The average Bonchev–Trinajstić information content (AvgIpc) is 3.28. The molecule has 2 aromatic rings. The Kier molecular flexibility index (Phi) is 5.79. The van der Waals surface area contributed by atoms with E-state index in [4.69, 9.17) is 0 Å². The van der Waals surface area contributed by atoms with Gasteiger partial charge >= 0.3 is 0 Å². The van der Waals surface area contributed by atoms with Gasteiger partial charge in [-0.15, -0.1) is 11.8 Å². The third-order valence-corrected chi connectivity index (χ3v) is 5.83. The molecular formula is C18H19BrN2O2S. The van der Waals surface area contributed by atoms with Crippen molar-refractivity contribution in [3.63, 3.8) is 0 Å².